The van der Waals surface area contributed by atoms with Gasteiger partial charge in [0.1, 0.15) is 11.8 Å². The Morgan fingerprint density at radius 1 is 1.33 bits per heavy atom. The molecule has 0 bridgehead atoms. The summed E-state index contributed by atoms with van der Waals surface area (Å²) in [6.07, 6.45) is 5.93. The molecule has 1 aliphatic carbocycles. The van der Waals surface area contributed by atoms with Crippen LogP contribution < -0.4 is 5.32 Å². The molecule has 0 aliphatic heterocycles. The van der Waals surface area contributed by atoms with Crippen molar-refractivity contribution in [1.29, 1.82) is 0 Å². The first kappa shape index (κ1) is 16.8. The fourth-order valence-electron chi connectivity index (χ4n) is 3.16. The molecule has 3 rings (SSSR count). The minimum atomic E-state index is -0.560. The highest BCUT2D eigenvalue weighted by atomic mass is 32.1. The Labute approximate surface area is 145 Å². The molecule has 5 nitrogen and oxygen atoms in total. The fraction of sp³-hybridized carbons (Fsp3) is 0.444. The second-order valence-electron chi connectivity index (χ2n) is 6.16. The van der Waals surface area contributed by atoms with Crippen molar-refractivity contribution in [1.82, 2.24) is 10.2 Å². The van der Waals surface area contributed by atoms with Gasteiger partial charge in [0.25, 0.3) is 5.91 Å². The predicted molar refractivity (Wildman–Crippen MR) is 92.8 cm³/mol. The van der Waals surface area contributed by atoms with Crippen LogP contribution in [-0.2, 0) is 11.3 Å². The molecule has 1 unspecified atom stereocenters. The van der Waals surface area contributed by atoms with Gasteiger partial charge in [0, 0.05) is 6.04 Å². The van der Waals surface area contributed by atoms with Crippen LogP contribution in [0.2, 0.25) is 0 Å². The second-order valence-corrected chi connectivity index (χ2v) is 7.10. The van der Waals surface area contributed by atoms with Crippen LogP contribution in [0.4, 0.5) is 0 Å². The van der Waals surface area contributed by atoms with Gasteiger partial charge in [0.2, 0.25) is 5.91 Å². The molecule has 0 radical (unpaired) electrons. The second kappa shape index (κ2) is 7.66. The summed E-state index contributed by atoms with van der Waals surface area (Å²) in [7, 11) is 0. The highest BCUT2D eigenvalue weighted by Crippen LogP contribution is 2.26. The van der Waals surface area contributed by atoms with E-state index in [2.05, 4.69) is 5.32 Å². The predicted octanol–water partition coefficient (Wildman–Crippen LogP) is 3.43. The molecule has 128 valence electrons. The van der Waals surface area contributed by atoms with Crippen molar-refractivity contribution in [3.63, 3.8) is 0 Å². The van der Waals surface area contributed by atoms with Crippen LogP contribution in [0.15, 0.2) is 40.3 Å². The lowest BCUT2D eigenvalue weighted by Gasteiger charge is -2.31. The summed E-state index contributed by atoms with van der Waals surface area (Å²) < 4.78 is 5.41. The molecule has 1 N–H and O–H groups in total. The van der Waals surface area contributed by atoms with Crippen molar-refractivity contribution >= 4 is 23.2 Å². The molecule has 1 atom stereocenters. The maximum Gasteiger partial charge on any atom is 0.261 e. The number of amides is 2. The van der Waals surface area contributed by atoms with E-state index in [1.165, 1.54) is 11.3 Å². The maximum absolute atomic E-state index is 12.9. The van der Waals surface area contributed by atoms with Crippen molar-refractivity contribution < 1.29 is 14.0 Å². The van der Waals surface area contributed by atoms with E-state index in [1.54, 1.807) is 19.3 Å². The van der Waals surface area contributed by atoms with Gasteiger partial charge < -0.3 is 14.6 Å². The summed E-state index contributed by atoms with van der Waals surface area (Å²) in [6.45, 7) is 2.20. The Morgan fingerprint density at radius 2 is 2.12 bits per heavy atom. The molecule has 0 aromatic carbocycles. The van der Waals surface area contributed by atoms with Crippen LogP contribution in [0.1, 0.15) is 48.0 Å². The maximum atomic E-state index is 12.9. The zero-order chi connectivity index (χ0) is 16.9. The van der Waals surface area contributed by atoms with E-state index in [-0.39, 0.29) is 17.9 Å². The summed E-state index contributed by atoms with van der Waals surface area (Å²) in [4.78, 5) is 27.6. The molecule has 1 saturated carbocycles. The minimum Gasteiger partial charge on any atom is -0.467 e. The lowest BCUT2D eigenvalue weighted by atomic mass is 10.1. The van der Waals surface area contributed by atoms with Gasteiger partial charge in [-0.25, -0.2) is 0 Å². The SMILES string of the molecule is CC(NC(=O)c1cccs1)C(=O)N(Cc1ccco1)C1CCCC1. The lowest BCUT2D eigenvalue weighted by Crippen LogP contribution is -2.49. The van der Waals surface area contributed by atoms with E-state index in [0.717, 1.165) is 31.4 Å². The summed E-state index contributed by atoms with van der Waals surface area (Å²) in [6, 6.07) is 6.96. The van der Waals surface area contributed by atoms with Gasteiger partial charge in [-0.1, -0.05) is 18.9 Å². The number of hydrogen-bond acceptors (Lipinski definition) is 4. The Hall–Kier alpha value is -2.08. The number of furan rings is 1. The molecule has 2 aromatic rings. The molecule has 6 heteroatoms. The molecule has 0 spiro atoms. The number of nitrogens with one attached hydrogen (secondary N) is 1. The molecule has 1 fully saturated rings. The van der Waals surface area contributed by atoms with E-state index >= 15 is 0 Å². The Balaban J connectivity index is 1.68. The average Bonchev–Trinajstić information content (AvgIpc) is 3.35. The zero-order valence-electron chi connectivity index (χ0n) is 13.7. The van der Waals surface area contributed by atoms with Gasteiger partial charge in [-0.3, -0.25) is 9.59 Å². The number of nitrogens with zero attached hydrogens (tertiary/aromatic N) is 1. The van der Waals surface area contributed by atoms with Crippen molar-refractivity contribution in [3.8, 4) is 0 Å². The van der Waals surface area contributed by atoms with Crippen molar-refractivity contribution in [2.45, 2.75) is 51.2 Å². The monoisotopic (exact) mass is 346 g/mol. The van der Waals surface area contributed by atoms with Gasteiger partial charge in [0.05, 0.1) is 17.7 Å². The molecular formula is C18H22N2O3S. The van der Waals surface area contributed by atoms with Gasteiger partial charge in [-0.15, -0.1) is 11.3 Å². The first-order valence-corrected chi connectivity index (χ1v) is 9.20. The van der Waals surface area contributed by atoms with Gasteiger partial charge in [-0.2, -0.15) is 0 Å². The van der Waals surface area contributed by atoms with E-state index in [0.29, 0.717) is 11.4 Å². The summed E-state index contributed by atoms with van der Waals surface area (Å²) in [5, 5.41) is 4.67. The number of thiophene rings is 1. The first-order chi connectivity index (χ1) is 11.6. The van der Waals surface area contributed by atoms with Gasteiger partial charge in [0.15, 0.2) is 0 Å². The summed E-state index contributed by atoms with van der Waals surface area (Å²) >= 11 is 1.37. The Bertz CT molecular complexity index is 661. The topological polar surface area (TPSA) is 62.6 Å². The van der Waals surface area contributed by atoms with E-state index < -0.39 is 6.04 Å². The molecule has 2 aromatic heterocycles. The summed E-state index contributed by atoms with van der Waals surface area (Å²) in [5.74, 6) is 0.519. The highest BCUT2D eigenvalue weighted by Gasteiger charge is 2.31. The van der Waals surface area contributed by atoms with Gasteiger partial charge >= 0.3 is 0 Å². The molecule has 2 amide bonds. The normalized spacial score (nSPS) is 16.0. The molecular weight excluding hydrogens is 324 g/mol. The third-order valence-corrected chi connectivity index (χ3v) is 5.29. The molecule has 0 saturated heterocycles. The number of carbonyl (C=O) groups excluding carboxylic acids is 2. The van der Waals surface area contributed by atoms with Gasteiger partial charge in [-0.05, 0) is 43.3 Å². The van der Waals surface area contributed by atoms with E-state index in [9.17, 15) is 9.59 Å². The Kier molecular flexibility index (Phi) is 5.35. The summed E-state index contributed by atoms with van der Waals surface area (Å²) in [5.41, 5.74) is 0. The largest absolute Gasteiger partial charge is 0.467 e. The van der Waals surface area contributed by atoms with E-state index in [1.807, 2.05) is 28.5 Å². The van der Waals surface area contributed by atoms with Crippen LogP contribution >= 0.6 is 11.3 Å². The minimum absolute atomic E-state index is 0.0526. The number of rotatable bonds is 6. The van der Waals surface area contributed by atoms with Crippen LogP contribution in [0.5, 0.6) is 0 Å². The van der Waals surface area contributed by atoms with Crippen molar-refractivity contribution in [2.24, 2.45) is 0 Å². The molecule has 1 aliphatic rings. The van der Waals surface area contributed by atoms with Crippen molar-refractivity contribution in [2.75, 3.05) is 0 Å². The van der Waals surface area contributed by atoms with Crippen LogP contribution in [-0.4, -0.2) is 28.8 Å². The average molecular weight is 346 g/mol. The van der Waals surface area contributed by atoms with Crippen LogP contribution in [0.3, 0.4) is 0 Å². The lowest BCUT2D eigenvalue weighted by molar-refractivity contribution is -0.136. The molecule has 2 heterocycles. The van der Waals surface area contributed by atoms with Crippen molar-refractivity contribution in [3.05, 3.63) is 46.5 Å². The standard InChI is InChI=1S/C18H22N2O3S/c1-13(19-17(21)16-9-5-11-24-16)18(22)20(14-6-2-3-7-14)12-15-8-4-10-23-15/h4-5,8-11,13-14H,2-3,6-7,12H2,1H3,(H,19,21). The highest BCUT2D eigenvalue weighted by molar-refractivity contribution is 7.12. The molecule has 24 heavy (non-hydrogen) atoms. The van der Waals surface area contributed by atoms with E-state index in [4.69, 9.17) is 4.42 Å². The fourth-order valence-corrected chi connectivity index (χ4v) is 3.79. The quantitative estimate of drug-likeness (QED) is 0.871. The number of hydrogen-bond donors (Lipinski definition) is 1. The third kappa shape index (κ3) is 3.87. The Morgan fingerprint density at radius 3 is 2.75 bits per heavy atom. The number of carbonyl (C=O) groups is 2. The zero-order valence-corrected chi connectivity index (χ0v) is 14.6. The smallest absolute Gasteiger partial charge is 0.261 e. The first-order valence-electron chi connectivity index (χ1n) is 8.32. The third-order valence-electron chi connectivity index (χ3n) is 4.42. The van der Waals surface area contributed by atoms with Crippen LogP contribution in [0, 0.1) is 0 Å². The van der Waals surface area contributed by atoms with Crippen LogP contribution in [0.25, 0.3) is 0 Å².